The summed E-state index contributed by atoms with van der Waals surface area (Å²) in [7, 11) is 0. The summed E-state index contributed by atoms with van der Waals surface area (Å²) in [5.74, 6) is 0.966. The Kier molecular flexibility index (Phi) is 3.16. The number of nitrogens with zero attached hydrogens (tertiary/aromatic N) is 5. The minimum atomic E-state index is 0.387. The van der Waals surface area contributed by atoms with Gasteiger partial charge in [-0.15, -0.1) is 0 Å². The summed E-state index contributed by atoms with van der Waals surface area (Å²) >= 11 is 0. The Morgan fingerprint density at radius 2 is 2.30 bits per heavy atom. The number of hydrogen-bond acceptors (Lipinski definition) is 6. The van der Waals surface area contributed by atoms with E-state index in [1.807, 2.05) is 12.1 Å². The highest BCUT2D eigenvalue weighted by atomic mass is 16.5. The molecule has 0 bridgehead atoms. The van der Waals surface area contributed by atoms with Crippen LogP contribution in [0.15, 0.2) is 35.2 Å². The van der Waals surface area contributed by atoms with E-state index in [2.05, 4.69) is 27.1 Å². The van der Waals surface area contributed by atoms with Crippen molar-refractivity contribution in [3.63, 3.8) is 0 Å². The lowest BCUT2D eigenvalue weighted by Gasteiger charge is -2.00. The number of anilines is 1. The molecule has 7 nitrogen and oxygen atoms in total. The van der Waals surface area contributed by atoms with Crippen molar-refractivity contribution in [1.82, 2.24) is 24.9 Å². The van der Waals surface area contributed by atoms with Gasteiger partial charge in [0.2, 0.25) is 11.7 Å². The molecule has 3 rings (SSSR count). The molecule has 0 saturated heterocycles. The molecule has 0 saturated carbocycles. The summed E-state index contributed by atoms with van der Waals surface area (Å²) in [6.07, 6.45) is 5.87. The predicted octanol–water partition coefficient (Wildman–Crippen LogP) is 1.52. The number of rotatable bonds is 4. The molecule has 0 amide bonds. The lowest BCUT2D eigenvalue weighted by atomic mass is 10.1. The lowest BCUT2D eigenvalue weighted by Crippen LogP contribution is -2.00. The first kappa shape index (κ1) is 12.3. The van der Waals surface area contributed by atoms with Crippen LogP contribution in [0.25, 0.3) is 11.5 Å². The van der Waals surface area contributed by atoms with Gasteiger partial charge in [0.15, 0.2) is 0 Å². The van der Waals surface area contributed by atoms with Gasteiger partial charge in [0.25, 0.3) is 0 Å². The molecule has 102 valence electrons. The van der Waals surface area contributed by atoms with E-state index in [9.17, 15) is 0 Å². The summed E-state index contributed by atoms with van der Waals surface area (Å²) < 4.78 is 6.87. The van der Waals surface area contributed by atoms with Crippen molar-refractivity contribution < 1.29 is 4.52 Å². The Bertz CT molecular complexity index is 717. The molecule has 0 aliphatic carbocycles. The highest BCUT2D eigenvalue weighted by Crippen LogP contribution is 2.18. The van der Waals surface area contributed by atoms with Crippen LogP contribution in [0.5, 0.6) is 0 Å². The summed E-state index contributed by atoms with van der Waals surface area (Å²) in [5.41, 5.74) is 8.05. The fraction of sp³-hybridized carbons (Fsp3) is 0.231. The zero-order valence-corrected chi connectivity index (χ0v) is 11.0. The third-order valence-corrected chi connectivity index (χ3v) is 2.90. The van der Waals surface area contributed by atoms with Crippen LogP contribution in [-0.2, 0) is 13.0 Å². The van der Waals surface area contributed by atoms with Gasteiger partial charge in [0, 0.05) is 12.4 Å². The third-order valence-electron chi connectivity index (χ3n) is 2.90. The molecule has 0 spiro atoms. The molecule has 0 radical (unpaired) electrons. The standard InChI is InChI=1S/C13H14N6O/c1-2-9-4-3-5-15-12(9)13-17-11(20-18-13)8-19-7-10(14)6-16-19/h3-7H,2,8,14H2,1H3. The maximum absolute atomic E-state index is 5.61. The van der Waals surface area contributed by atoms with Crippen LogP contribution >= 0.6 is 0 Å². The van der Waals surface area contributed by atoms with E-state index >= 15 is 0 Å². The molecule has 3 aromatic rings. The summed E-state index contributed by atoms with van der Waals surface area (Å²) in [6.45, 7) is 2.45. The molecule has 3 aromatic heterocycles. The number of hydrogen-bond donors (Lipinski definition) is 1. The van der Waals surface area contributed by atoms with Crippen LogP contribution < -0.4 is 5.73 Å². The van der Waals surface area contributed by atoms with Gasteiger partial charge < -0.3 is 10.3 Å². The van der Waals surface area contributed by atoms with E-state index in [0.29, 0.717) is 23.9 Å². The number of aromatic nitrogens is 5. The molecule has 20 heavy (non-hydrogen) atoms. The van der Waals surface area contributed by atoms with E-state index in [0.717, 1.165) is 17.7 Å². The highest BCUT2D eigenvalue weighted by Gasteiger charge is 2.13. The van der Waals surface area contributed by atoms with Gasteiger partial charge in [-0.05, 0) is 18.1 Å². The number of nitrogens with two attached hydrogens (primary N) is 1. The number of pyridine rings is 1. The first-order valence-electron chi connectivity index (χ1n) is 6.31. The minimum Gasteiger partial charge on any atom is -0.396 e. The Morgan fingerprint density at radius 1 is 1.40 bits per heavy atom. The van der Waals surface area contributed by atoms with E-state index in [1.54, 1.807) is 23.3 Å². The van der Waals surface area contributed by atoms with Crippen LogP contribution in [0.2, 0.25) is 0 Å². The summed E-state index contributed by atoms with van der Waals surface area (Å²) in [5, 5.41) is 8.05. The first-order valence-corrected chi connectivity index (χ1v) is 6.31. The van der Waals surface area contributed by atoms with Gasteiger partial charge in [-0.1, -0.05) is 18.1 Å². The molecular weight excluding hydrogens is 256 g/mol. The zero-order chi connectivity index (χ0) is 13.9. The lowest BCUT2D eigenvalue weighted by molar-refractivity contribution is 0.366. The van der Waals surface area contributed by atoms with Crippen molar-refractivity contribution in [2.45, 2.75) is 19.9 Å². The molecular formula is C13H14N6O. The monoisotopic (exact) mass is 270 g/mol. The third kappa shape index (κ3) is 2.37. The molecule has 0 aliphatic heterocycles. The largest absolute Gasteiger partial charge is 0.396 e. The molecule has 2 N–H and O–H groups in total. The molecule has 0 atom stereocenters. The van der Waals surface area contributed by atoms with Crippen molar-refractivity contribution >= 4 is 5.69 Å². The van der Waals surface area contributed by atoms with Crippen molar-refractivity contribution in [3.8, 4) is 11.5 Å². The number of nitrogen functional groups attached to an aromatic ring is 1. The fourth-order valence-corrected chi connectivity index (χ4v) is 1.95. The van der Waals surface area contributed by atoms with Gasteiger partial charge >= 0.3 is 0 Å². The van der Waals surface area contributed by atoms with Crippen molar-refractivity contribution in [2.75, 3.05) is 5.73 Å². The molecule has 0 unspecified atom stereocenters. The SMILES string of the molecule is CCc1cccnc1-c1noc(Cn2cc(N)cn2)n1. The molecule has 0 aliphatic rings. The van der Waals surface area contributed by atoms with E-state index in [4.69, 9.17) is 10.3 Å². The minimum absolute atomic E-state index is 0.387. The highest BCUT2D eigenvalue weighted by molar-refractivity contribution is 5.53. The predicted molar refractivity (Wildman–Crippen MR) is 72.6 cm³/mol. The van der Waals surface area contributed by atoms with Crippen LogP contribution in [-0.4, -0.2) is 24.9 Å². The molecule has 0 aromatic carbocycles. The second-order valence-corrected chi connectivity index (χ2v) is 4.35. The van der Waals surface area contributed by atoms with Crippen LogP contribution in [0.4, 0.5) is 5.69 Å². The molecule has 0 fully saturated rings. The quantitative estimate of drug-likeness (QED) is 0.772. The topological polar surface area (TPSA) is 95.7 Å². The average Bonchev–Trinajstić information content (AvgIpc) is 3.08. The van der Waals surface area contributed by atoms with Gasteiger partial charge in [-0.3, -0.25) is 9.67 Å². The van der Waals surface area contributed by atoms with Gasteiger partial charge in [0.05, 0.1) is 11.9 Å². The van der Waals surface area contributed by atoms with Gasteiger partial charge in [0.1, 0.15) is 12.2 Å². The van der Waals surface area contributed by atoms with Gasteiger partial charge in [-0.25, -0.2) is 0 Å². The smallest absolute Gasteiger partial charge is 0.248 e. The Balaban J connectivity index is 1.86. The molecule has 7 heteroatoms. The van der Waals surface area contributed by atoms with Gasteiger partial charge in [-0.2, -0.15) is 10.1 Å². The zero-order valence-electron chi connectivity index (χ0n) is 11.0. The first-order chi connectivity index (χ1) is 9.76. The maximum Gasteiger partial charge on any atom is 0.248 e. The van der Waals surface area contributed by atoms with Crippen molar-refractivity contribution in [1.29, 1.82) is 0 Å². The van der Waals surface area contributed by atoms with Crippen LogP contribution in [0.1, 0.15) is 18.4 Å². The van der Waals surface area contributed by atoms with E-state index in [-0.39, 0.29) is 0 Å². The Morgan fingerprint density at radius 3 is 3.05 bits per heavy atom. The second-order valence-electron chi connectivity index (χ2n) is 4.35. The maximum atomic E-state index is 5.61. The van der Waals surface area contributed by atoms with E-state index in [1.165, 1.54) is 0 Å². The van der Waals surface area contributed by atoms with Crippen LogP contribution in [0.3, 0.4) is 0 Å². The Hall–Kier alpha value is -2.70. The normalized spacial score (nSPS) is 10.8. The molecule has 3 heterocycles. The Labute approximate surface area is 115 Å². The van der Waals surface area contributed by atoms with E-state index < -0.39 is 0 Å². The van der Waals surface area contributed by atoms with Crippen molar-refractivity contribution in [2.24, 2.45) is 0 Å². The number of aryl methyl sites for hydroxylation is 1. The van der Waals surface area contributed by atoms with Crippen molar-refractivity contribution in [3.05, 3.63) is 42.2 Å². The summed E-state index contributed by atoms with van der Waals surface area (Å²) in [6, 6.07) is 3.91. The summed E-state index contributed by atoms with van der Waals surface area (Å²) in [4.78, 5) is 8.67. The van der Waals surface area contributed by atoms with Crippen LogP contribution in [0, 0.1) is 0 Å². The second kappa shape index (κ2) is 5.12. The average molecular weight is 270 g/mol. The fourth-order valence-electron chi connectivity index (χ4n) is 1.95.